The molecule has 0 spiro atoms. The highest BCUT2D eigenvalue weighted by Crippen LogP contribution is 2.40. The third-order valence-corrected chi connectivity index (χ3v) is 8.61. The Morgan fingerprint density at radius 2 is 1.60 bits per heavy atom. The largest absolute Gasteiger partial charge is 0.486 e. The maximum absolute atomic E-state index is 14.0. The van der Waals surface area contributed by atoms with E-state index in [0.717, 1.165) is 5.69 Å². The van der Waals surface area contributed by atoms with Crippen molar-refractivity contribution in [3.8, 4) is 23.0 Å². The van der Waals surface area contributed by atoms with E-state index in [2.05, 4.69) is 9.88 Å². The molecule has 0 aliphatic carbocycles. The van der Waals surface area contributed by atoms with Crippen LogP contribution in [0.4, 0.5) is 17.3 Å². The molecule has 0 atom stereocenters. The molecule has 0 unspecified atom stereocenters. The number of halogens is 1. The molecule has 0 N–H and O–H groups in total. The Morgan fingerprint density at radius 1 is 0.875 bits per heavy atom. The average Bonchev–Trinajstić information content (AvgIpc) is 3.43. The summed E-state index contributed by atoms with van der Waals surface area (Å²) >= 11 is 6.17. The number of nitro benzene ring substituents is 1. The van der Waals surface area contributed by atoms with Crippen molar-refractivity contribution in [3.63, 3.8) is 0 Å². The van der Waals surface area contributed by atoms with Gasteiger partial charge in [-0.25, -0.2) is 8.42 Å². The Morgan fingerprint density at radius 3 is 2.35 bits per heavy atom. The highest BCUT2D eigenvalue weighted by molar-refractivity contribution is 7.91. The molecule has 11 nitrogen and oxygen atoms in total. The molecule has 40 heavy (non-hydrogen) atoms. The SMILES string of the molecule is O=[N+]([O-])c1ccccc1-c1nc(S(=O)(=O)c2ccc3c(c2)OCCO3)c(N2CCN(c3cccc(Cl)c3)CC2)o1. The normalized spacial score (nSPS) is 15.2. The quantitative estimate of drug-likeness (QED) is 0.230. The number of nitro groups is 1. The molecule has 2 aliphatic heterocycles. The van der Waals surface area contributed by atoms with Gasteiger partial charge in [0.2, 0.25) is 26.6 Å². The number of hydrogen-bond donors (Lipinski definition) is 0. The van der Waals surface area contributed by atoms with E-state index in [9.17, 15) is 18.5 Å². The number of nitrogens with zero attached hydrogens (tertiary/aromatic N) is 4. The number of oxazole rings is 1. The molecule has 3 aromatic carbocycles. The predicted octanol–water partition coefficient (Wildman–Crippen LogP) is 4.83. The zero-order chi connectivity index (χ0) is 27.9. The molecule has 2 aliphatic rings. The van der Waals surface area contributed by atoms with Crippen molar-refractivity contribution < 1.29 is 27.2 Å². The molecule has 3 heterocycles. The van der Waals surface area contributed by atoms with Gasteiger partial charge in [-0.15, -0.1) is 0 Å². The van der Waals surface area contributed by atoms with Crippen molar-refractivity contribution in [2.75, 3.05) is 49.2 Å². The molecule has 1 saturated heterocycles. The van der Waals surface area contributed by atoms with Gasteiger partial charge in [0.1, 0.15) is 18.8 Å². The van der Waals surface area contributed by atoms with E-state index >= 15 is 0 Å². The second-order valence-electron chi connectivity index (χ2n) is 9.17. The average molecular weight is 583 g/mol. The second kappa shape index (κ2) is 10.4. The van der Waals surface area contributed by atoms with Crippen LogP contribution in [0, 0.1) is 10.1 Å². The third kappa shape index (κ3) is 4.80. The number of aromatic nitrogens is 1. The first-order valence-electron chi connectivity index (χ1n) is 12.5. The fourth-order valence-electron chi connectivity index (χ4n) is 4.74. The van der Waals surface area contributed by atoms with Gasteiger partial charge in [0, 0.05) is 49.0 Å². The zero-order valence-electron chi connectivity index (χ0n) is 21.0. The van der Waals surface area contributed by atoms with E-state index in [-0.39, 0.29) is 32.9 Å². The van der Waals surface area contributed by atoms with Crippen LogP contribution in [-0.4, -0.2) is 57.7 Å². The summed E-state index contributed by atoms with van der Waals surface area (Å²) in [6, 6.07) is 17.8. The summed E-state index contributed by atoms with van der Waals surface area (Å²) < 4.78 is 45.1. The number of benzene rings is 3. The Kier molecular flexibility index (Phi) is 6.72. The Balaban J connectivity index is 1.40. The van der Waals surface area contributed by atoms with Gasteiger partial charge in [-0.3, -0.25) is 10.1 Å². The number of hydrogen-bond acceptors (Lipinski definition) is 10. The van der Waals surface area contributed by atoms with Crippen LogP contribution in [-0.2, 0) is 9.84 Å². The highest BCUT2D eigenvalue weighted by atomic mass is 35.5. The maximum Gasteiger partial charge on any atom is 0.282 e. The number of piperazine rings is 1. The summed E-state index contributed by atoms with van der Waals surface area (Å²) in [6.07, 6.45) is 0. The van der Waals surface area contributed by atoms with Gasteiger partial charge in [-0.1, -0.05) is 29.8 Å². The van der Waals surface area contributed by atoms with E-state index in [1.54, 1.807) is 17.0 Å². The molecule has 0 saturated carbocycles. The van der Waals surface area contributed by atoms with Gasteiger partial charge < -0.3 is 23.7 Å². The molecular formula is C27H23ClN4O7S. The van der Waals surface area contributed by atoms with Gasteiger partial charge in [0.25, 0.3) is 5.69 Å². The first kappa shape index (κ1) is 26.0. The van der Waals surface area contributed by atoms with Gasteiger partial charge in [-0.2, -0.15) is 4.98 Å². The number of ether oxygens (including phenoxy) is 2. The van der Waals surface area contributed by atoms with Crippen LogP contribution >= 0.6 is 11.6 Å². The first-order chi connectivity index (χ1) is 19.3. The minimum atomic E-state index is -4.23. The van der Waals surface area contributed by atoms with E-state index in [0.29, 0.717) is 55.9 Å². The van der Waals surface area contributed by atoms with Gasteiger partial charge in [-0.05, 0) is 36.4 Å². The zero-order valence-corrected chi connectivity index (χ0v) is 22.6. The summed E-state index contributed by atoms with van der Waals surface area (Å²) in [6.45, 7) is 2.62. The van der Waals surface area contributed by atoms with E-state index in [4.69, 9.17) is 25.5 Å². The minimum absolute atomic E-state index is 0.0220. The van der Waals surface area contributed by atoms with Crippen molar-refractivity contribution in [2.24, 2.45) is 0 Å². The van der Waals surface area contributed by atoms with Gasteiger partial charge in [0.05, 0.1) is 9.82 Å². The smallest absolute Gasteiger partial charge is 0.282 e. The summed E-state index contributed by atoms with van der Waals surface area (Å²) in [5.41, 5.74) is 0.786. The number of anilines is 2. The van der Waals surface area contributed by atoms with Crippen molar-refractivity contribution in [3.05, 3.63) is 81.9 Å². The summed E-state index contributed by atoms with van der Waals surface area (Å²) in [5, 5.41) is 12.0. The molecule has 1 aromatic heterocycles. The van der Waals surface area contributed by atoms with Crippen LogP contribution in [0.15, 0.2) is 81.1 Å². The lowest BCUT2D eigenvalue weighted by Gasteiger charge is -2.36. The first-order valence-corrected chi connectivity index (χ1v) is 14.3. The molecule has 1 fully saturated rings. The number of fused-ring (bicyclic) bond motifs is 1. The third-order valence-electron chi connectivity index (χ3n) is 6.73. The fourth-order valence-corrected chi connectivity index (χ4v) is 6.27. The molecule has 4 aromatic rings. The molecule has 13 heteroatoms. The van der Waals surface area contributed by atoms with Crippen molar-refractivity contribution in [1.29, 1.82) is 0 Å². The molecule has 6 rings (SSSR count). The Labute approximate surface area is 234 Å². The molecule has 0 bridgehead atoms. The second-order valence-corrected chi connectivity index (χ2v) is 11.5. The lowest BCUT2D eigenvalue weighted by Crippen LogP contribution is -2.46. The Bertz CT molecular complexity index is 1700. The summed E-state index contributed by atoms with van der Waals surface area (Å²) in [7, 11) is -4.23. The summed E-state index contributed by atoms with van der Waals surface area (Å²) in [5.74, 6) is 0.624. The number of para-hydroxylation sites is 1. The van der Waals surface area contributed by atoms with Gasteiger partial charge >= 0.3 is 0 Å². The molecular weight excluding hydrogens is 560 g/mol. The van der Waals surface area contributed by atoms with Gasteiger partial charge in [0.15, 0.2) is 11.5 Å². The van der Waals surface area contributed by atoms with Crippen LogP contribution in [0.25, 0.3) is 11.5 Å². The topological polar surface area (TPSA) is 128 Å². The standard InChI is InChI=1S/C27H23ClN4O7S/c28-18-4-3-5-19(16-18)30-10-12-31(13-11-30)27-26(29-25(39-27)21-6-1-2-7-22(21)32(33)34)40(35,36)20-8-9-23-24(17-20)38-15-14-37-23/h1-9,16-17H,10-15H2. The highest BCUT2D eigenvalue weighted by Gasteiger charge is 2.35. The monoisotopic (exact) mass is 582 g/mol. The fraction of sp³-hybridized carbons (Fsp3) is 0.222. The van der Waals surface area contributed by atoms with Crippen molar-refractivity contribution in [1.82, 2.24) is 4.98 Å². The van der Waals surface area contributed by atoms with Crippen LogP contribution in [0.5, 0.6) is 11.5 Å². The van der Waals surface area contributed by atoms with Crippen LogP contribution in [0.1, 0.15) is 0 Å². The van der Waals surface area contributed by atoms with Crippen molar-refractivity contribution in [2.45, 2.75) is 9.92 Å². The van der Waals surface area contributed by atoms with E-state index in [1.165, 1.54) is 36.4 Å². The maximum atomic E-state index is 14.0. The molecule has 0 radical (unpaired) electrons. The van der Waals surface area contributed by atoms with Crippen molar-refractivity contribution >= 4 is 38.7 Å². The van der Waals surface area contributed by atoms with E-state index in [1.807, 2.05) is 18.2 Å². The van der Waals surface area contributed by atoms with Crippen LogP contribution < -0.4 is 19.3 Å². The lowest BCUT2D eigenvalue weighted by atomic mass is 10.2. The lowest BCUT2D eigenvalue weighted by molar-refractivity contribution is -0.384. The molecule has 0 amide bonds. The van der Waals surface area contributed by atoms with Crippen LogP contribution in [0.2, 0.25) is 5.02 Å². The molecule has 206 valence electrons. The summed E-state index contributed by atoms with van der Waals surface area (Å²) in [4.78, 5) is 19.4. The minimum Gasteiger partial charge on any atom is -0.486 e. The Hall–Kier alpha value is -4.29. The van der Waals surface area contributed by atoms with Crippen LogP contribution in [0.3, 0.4) is 0 Å². The predicted molar refractivity (Wildman–Crippen MR) is 147 cm³/mol. The number of rotatable bonds is 6. The number of sulfone groups is 1. The van der Waals surface area contributed by atoms with E-state index < -0.39 is 14.8 Å².